The fraction of sp³-hybridized carbons (Fsp3) is 0.714. The number of rotatable bonds is 8. The average molecular weight is 252 g/mol. The average Bonchev–Trinajstić information content (AvgIpc) is 3.05. The van der Waals surface area contributed by atoms with Gasteiger partial charge >= 0.3 is 0 Å². The standard InChI is InChI=1S/C14H24N2S/c1-12(3-2-7-15)9-16(14-4-5-14)10-13-6-8-17-11-13/h6,8,11-12,14H,2-5,7,9-10,15H2,1H3. The summed E-state index contributed by atoms with van der Waals surface area (Å²) in [4.78, 5) is 2.67. The molecule has 0 bridgehead atoms. The molecule has 0 spiro atoms. The second-order valence-corrected chi connectivity index (χ2v) is 6.11. The normalized spacial score (nSPS) is 17.6. The number of hydrogen-bond acceptors (Lipinski definition) is 3. The van der Waals surface area contributed by atoms with E-state index in [9.17, 15) is 0 Å². The van der Waals surface area contributed by atoms with E-state index in [0.717, 1.165) is 31.5 Å². The Balaban J connectivity index is 1.80. The zero-order valence-corrected chi connectivity index (χ0v) is 11.6. The van der Waals surface area contributed by atoms with Crippen LogP contribution in [0.2, 0.25) is 0 Å². The molecule has 2 N–H and O–H groups in total. The van der Waals surface area contributed by atoms with Gasteiger partial charge in [-0.3, -0.25) is 4.90 Å². The SMILES string of the molecule is CC(CCCN)CN(Cc1ccsc1)C1CC1. The summed E-state index contributed by atoms with van der Waals surface area (Å²) in [5.74, 6) is 0.776. The van der Waals surface area contributed by atoms with Crippen LogP contribution in [0.4, 0.5) is 0 Å². The Hall–Kier alpha value is -0.380. The molecule has 1 heterocycles. The number of hydrogen-bond donors (Lipinski definition) is 1. The van der Waals surface area contributed by atoms with Crippen molar-refractivity contribution in [1.82, 2.24) is 4.90 Å². The maximum Gasteiger partial charge on any atom is 0.0245 e. The quantitative estimate of drug-likeness (QED) is 0.770. The highest BCUT2D eigenvalue weighted by molar-refractivity contribution is 7.07. The van der Waals surface area contributed by atoms with E-state index in [1.807, 2.05) is 0 Å². The summed E-state index contributed by atoms with van der Waals surface area (Å²) in [6.07, 6.45) is 5.23. The van der Waals surface area contributed by atoms with E-state index in [1.165, 1.54) is 31.4 Å². The molecule has 1 saturated carbocycles. The van der Waals surface area contributed by atoms with Crippen LogP contribution in [0.5, 0.6) is 0 Å². The van der Waals surface area contributed by atoms with Gasteiger partial charge in [0.05, 0.1) is 0 Å². The minimum atomic E-state index is 0.776. The van der Waals surface area contributed by atoms with E-state index in [0.29, 0.717) is 0 Å². The molecular formula is C14H24N2S. The molecule has 1 aromatic rings. The van der Waals surface area contributed by atoms with Crippen molar-refractivity contribution in [2.45, 2.75) is 45.2 Å². The Labute approximate surface area is 109 Å². The molecule has 0 aliphatic heterocycles. The Kier molecular flexibility index (Phi) is 5.01. The monoisotopic (exact) mass is 252 g/mol. The molecule has 2 nitrogen and oxygen atoms in total. The van der Waals surface area contributed by atoms with Crippen molar-refractivity contribution >= 4 is 11.3 Å². The predicted molar refractivity (Wildman–Crippen MR) is 75.2 cm³/mol. The van der Waals surface area contributed by atoms with Gasteiger partial charge in [-0.2, -0.15) is 11.3 Å². The van der Waals surface area contributed by atoms with Crippen molar-refractivity contribution < 1.29 is 0 Å². The molecule has 17 heavy (non-hydrogen) atoms. The minimum Gasteiger partial charge on any atom is -0.330 e. The molecule has 0 amide bonds. The molecule has 1 aromatic heterocycles. The van der Waals surface area contributed by atoms with Gasteiger partial charge in [0.2, 0.25) is 0 Å². The summed E-state index contributed by atoms with van der Waals surface area (Å²) in [5.41, 5.74) is 7.06. The number of thiophene rings is 1. The first-order valence-electron chi connectivity index (χ1n) is 6.74. The lowest BCUT2D eigenvalue weighted by molar-refractivity contribution is 0.213. The van der Waals surface area contributed by atoms with Crippen molar-refractivity contribution in [2.75, 3.05) is 13.1 Å². The number of nitrogens with zero attached hydrogens (tertiary/aromatic N) is 1. The largest absolute Gasteiger partial charge is 0.330 e. The van der Waals surface area contributed by atoms with Crippen LogP contribution in [-0.2, 0) is 6.54 Å². The van der Waals surface area contributed by atoms with E-state index in [4.69, 9.17) is 5.73 Å². The molecule has 1 unspecified atom stereocenters. The fourth-order valence-electron chi connectivity index (χ4n) is 2.36. The molecule has 1 fully saturated rings. The van der Waals surface area contributed by atoms with Gasteiger partial charge in [-0.05, 0) is 60.5 Å². The van der Waals surface area contributed by atoms with Gasteiger partial charge in [-0.25, -0.2) is 0 Å². The maximum atomic E-state index is 5.58. The van der Waals surface area contributed by atoms with Crippen LogP contribution in [0, 0.1) is 5.92 Å². The van der Waals surface area contributed by atoms with Crippen molar-refractivity contribution in [3.05, 3.63) is 22.4 Å². The zero-order valence-electron chi connectivity index (χ0n) is 10.8. The highest BCUT2D eigenvalue weighted by Gasteiger charge is 2.29. The molecule has 3 heteroatoms. The van der Waals surface area contributed by atoms with Crippen molar-refractivity contribution in [3.8, 4) is 0 Å². The third kappa shape index (κ3) is 4.41. The van der Waals surface area contributed by atoms with Gasteiger partial charge in [0.1, 0.15) is 0 Å². The lowest BCUT2D eigenvalue weighted by Crippen LogP contribution is -2.30. The molecule has 1 aliphatic rings. The Morgan fingerprint density at radius 2 is 2.35 bits per heavy atom. The van der Waals surface area contributed by atoms with Crippen LogP contribution < -0.4 is 5.73 Å². The van der Waals surface area contributed by atoms with Crippen LogP contribution in [0.15, 0.2) is 16.8 Å². The molecule has 0 saturated heterocycles. The first kappa shape index (κ1) is 13.1. The van der Waals surface area contributed by atoms with E-state index < -0.39 is 0 Å². The fourth-order valence-corrected chi connectivity index (χ4v) is 3.02. The van der Waals surface area contributed by atoms with Crippen molar-refractivity contribution in [1.29, 1.82) is 0 Å². The van der Waals surface area contributed by atoms with Crippen LogP contribution in [-0.4, -0.2) is 24.0 Å². The first-order valence-corrected chi connectivity index (χ1v) is 7.69. The second kappa shape index (κ2) is 6.53. The van der Waals surface area contributed by atoms with Gasteiger partial charge in [0.25, 0.3) is 0 Å². The highest BCUT2D eigenvalue weighted by Crippen LogP contribution is 2.29. The topological polar surface area (TPSA) is 29.3 Å². The minimum absolute atomic E-state index is 0.776. The summed E-state index contributed by atoms with van der Waals surface area (Å²) in [6.45, 7) is 5.57. The predicted octanol–water partition coefficient (Wildman–Crippen LogP) is 3.09. The summed E-state index contributed by atoms with van der Waals surface area (Å²) in [6, 6.07) is 3.11. The third-order valence-corrected chi connectivity index (χ3v) is 4.21. The summed E-state index contributed by atoms with van der Waals surface area (Å²) in [5, 5.41) is 4.46. The van der Waals surface area contributed by atoms with E-state index in [2.05, 4.69) is 28.7 Å². The highest BCUT2D eigenvalue weighted by atomic mass is 32.1. The first-order chi connectivity index (χ1) is 8.29. The van der Waals surface area contributed by atoms with Crippen molar-refractivity contribution in [2.24, 2.45) is 11.7 Å². The van der Waals surface area contributed by atoms with Crippen LogP contribution in [0.3, 0.4) is 0 Å². The van der Waals surface area contributed by atoms with Gasteiger partial charge in [0.15, 0.2) is 0 Å². The van der Waals surface area contributed by atoms with Gasteiger partial charge in [0, 0.05) is 19.1 Å². The number of nitrogens with two attached hydrogens (primary N) is 1. The maximum absolute atomic E-state index is 5.58. The van der Waals surface area contributed by atoms with Gasteiger partial charge < -0.3 is 5.73 Å². The Morgan fingerprint density at radius 1 is 1.53 bits per heavy atom. The molecule has 0 aromatic carbocycles. The molecule has 1 aliphatic carbocycles. The van der Waals surface area contributed by atoms with Crippen LogP contribution in [0.25, 0.3) is 0 Å². The molecule has 1 atom stereocenters. The summed E-state index contributed by atoms with van der Waals surface area (Å²) < 4.78 is 0. The Bertz CT molecular complexity index is 306. The van der Waals surface area contributed by atoms with E-state index in [1.54, 1.807) is 11.3 Å². The van der Waals surface area contributed by atoms with E-state index in [-0.39, 0.29) is 0 Å². The summed E-state index contributed by atoms with van der Waals surface area (Å²) >= 11 is 1.80. The lowest BCUT2D eigenvalue weighted by atomic mass is 10.0. The molecule has 96 valence electrons. The molecule has 0 radical (unpaired) electrons. The zero-order chi connectivity index (χ0) is 12.1. The van der Waals surface area contributed by atoms with Crippen molar-refractivity contribution in [3.63, 3.8) is 0 Å². The van der Waals surface area contributed by atoms with Crippen LogP contribution >= 0.6 is 11.3 Å². The van der Waals surface area contributed by atoms with Gasteiger partial charge in [-0.15, -0.1) is 0 Å². The summed E-state index contributed by atoms with van der Waals surface area (Å²) in [7, 11) is 0. The van der Waals surface area contributed by atoms with Gasteiger partial charge in [-0.1, -0.05) is 6.92 Å². The third-order valence-electron chi connectivity index (χ3n) is 3.48. The van der Waals surface area contributed by atoms with E-state index >= 15 is 0 Å². The van der Waals surface area contributed by atoms with Crippen LogP contribution in [0.1, 0.15) is 38.2 Å². The molecule has 2 rings (SSSR count). The second-order valence-electron chi connectivity index (χ2n) is 5.33. The lowest BCUT2D eigenvalue weighted by Gasteiger charge is -2.25. The smallest absolute Gasteiger partial charge is 0.0245 e. The molecular weight excluding hydrogens is 228 g/mol. The Morgan fingerprint density at radius 3 is 2.94 bits per heavy atom.